The van der Waals surface area contributed by atoms with Crippen molar-refractivity contribution < 1.29 is 9.90 Å². The number of carbonyl (C=O) groups excluding carboxylic acids is 1. The lowest BCUT2D eigenvalue weighted by Gasteiger charge is -2.28. The van der Waals surface area contributed by atoms with E-state index >= 15 is 0 Å². The first-order valence-corrected chi connectivity index (χ1v) is 8.21. The molecular formula is C19H32N2O2. The Balaban J connectivity index is 3.21. The van der Waals surface area contributed by atoms with Crippen LogP contribution in [0.1, 0.15) is 65.2 Å². The summed E-state index contributed by atoms with van der Waals surface area (Å²) in [6.07, 6.45) is 0.291. The van der Waals surface area contributed by atoms with Gasteiger partial charge in [0.05, 0.1) is 6.42 Å². The third kappa shape index (κ3) is 5.54. The number of benzene rings is 1. The Morgan fingerprint density at radius 3 is 1.91 bits per heavy atom. The Morgan fingerprint density at radius 2 is 1.57 bits per heavy atom. The molecule has 23 heavy (non-hydrogen) atoms. The molecule has 0 fully saturated rings. The van der Waals surface area contributed by atoms with Crippen molar-refractivity contribution >= 4 is 5.91 Å². The average molecular weight is 320 g/mol. The van der Waals surface area contributed by atoms with Gasteiger partial charge in [-0.3, -0.25) is 4.79 Å². The Bertz CT molecular complexity index is 529. The van der Waals surface area contributed by atoms with Gasteiger partial charge in [-0.2, -0.15) is 0 Å². The molecule has 0 aliphatic rings. The van der Waals surface area contributed by atoms with Crippen molar-refractivity contribution in [2.24, 2.45) is 5.73 Å². The molecule has 1 aromatic carbocycles. The van der Waals surface area contributed by atoms with Crippen molar-refractivity contribution in [3.8, 4) is 5.75 Å². The lowest BCUT2D eigenvalue weighted by molar-refractivity contribution is -0.120. The number of amides is 1. The molecule has 0 saturated heterocycles. The first kappa shape index (κ1) is 19.5. The summed E-state index contributed by atoms with van der Waals surface area (Å²) in [5, 5.41) is 13.5. The number of nitrogens with two attached hydrogens (primary N) is 1. The molecule has 0 radical (unpaired) electrons. The third-order valence-electron chi connectivity index (χ3n) is 3.77. The van der Waals surface area contributed by atoms with Crippen LogP contribution in [0.15, 0.2) is 12.1 Å². The molecule has 1 unspecified atom stereocenters. The molecular weight excluding hydrogens is 288 g/mol. The molecule has 0 bridgehead atoms. The molecule has 4 nitrogen and oxygen atoms in total. The van der Waals surface area contributed by atoms with E-state index in [9.17, 15) is 9.90 Å². The van der Waals surface area contributed by atoms with E-state index in [4.69, 9.17) is 5.73 Å². The van der Waals surface area contributed by atoms with E-state index in [0.717, 1.165) is 16.7 Å². The van der Waals surface area contributed by atoms with Gasteiger partial charge in [0.1, 0.15) is 5.75 Å². The molecule has 1 amide bonds. The van der Waals surface area contributed by atoms with E-state index in [1.165, 1.54) is 0 Å². The van der Waals surface area contributed by atoms with E-state index in [0.29, 0.717) is 18.7 Å². The molecule has 0 spiro atoms. The first-order chi connectivity index (χ1) is 10.3. The van der Waals surface area contributed by atoms with Gasteiger partial charge in [0.15, 0.2) is 0 Å². The summed E-state index contributed by atoms with van der Waals surface area (Å²) in [7, 11) is 0. The lowest BCUT2D eigenvalue weighted by atomic mass is 9.78. The van der Waals surface area contributed by atoms with Crippen LogP contribution < -0.4 is 11.1 Å². The third-order valence-corrected chi connectivity index (χ3v) is 3.77. The fourth-order valence-electron chi connectivity index (χ4n) is 2.46. The smallest absolute Gasteiger partial charge is 0.224 e. The fourth-order valence-corrected chi connectivity index (χ4v) is 2.46. The molecule has 0 aliphatic heterocycles. The molecule has 4 heteroatoms. The number of hydrogen-bond acceptors (Lipinski definition) is 3. The number of phenolic OH excluding ortho intramolecular Hbond substituents is 1. The summed E-state index contributed by atoms with van der Waals surface area (Å²) in [4.78, 5) is 12.1. The zero-order chi connectivity index (χ0) is 18.0. The Morgan fingerprint density at radius 1 is 1.13 bits per heavy atom. The van der Waals surface area contributed by atoms with Crippen LogP contribution in [-0.2, 0) is 22.0 Å². The van der Waals surface area contributed by atoms with Gasteiger partial charge in [-0.1, -0.05) is 53.7 Å². The number of nitrogens with one attached hydrogen (secondary N) is 1. The highest BCUT2D eigenvalue weighted by atomic mass is 16.3. The first-order valence-electron chi connectivity index (χ1n) is 8.21. The highest BCUT2D eigenvalue weighted by Crippen LogP contribution is 2.39. The molecule has 0 heterocycles. The second-order valence-electron chi connectivity index (χ2n) is 8.50. The van der Waals surface area contributed by atoms with E-state index in [2.05, 4.69) is 46.9 Å². The van der Waals surface area contributed by atoms with Crippen molar-refractivity contribution in [2.45, 2.75) is 71.8 Å². The fraction of sp³-hybridized carbons (Fsp3) is 0.632. The summed E-state index contributed by atoms with van der Waals surface area (Å²) in [6, 6.07) is 3.82. The number of phenols is 1. The van der Waals surface area contributed by atoms with Crippen LogP contribution in [0.2, 0.25) is 0 Å². The van der Waals surface area contributed by atoms with Crippen LogP contribution in [0, 0.1) is 0 Å². The summed E-state index contributed by atoms with van der Waals surface area (Å²) in [5.41, 5.74) is 7.95. The standard InChI is InChI=1S/C19H32N2O2/c1-12(20)11-21-16(22)10-13-8-14(18(2,3)4)17(23)15(9-13)19(5,6)7/h8-9,12,23H,10-11,20H2,1-7H3,(H,21,22). The Labute approximate surface area is 140 Å². The zero-order valence-electron chi connectivity index (χ0n) is 15.6. The number of rotatable bonds is 4. The van der Waals surface area contributed by atoms with Gasteiger partial charge in [0.25, 0.3) is 0 Å². The van der Waals surface area contributed by atoms with Gasteiger partial charge in [-0.15, -0.1) is 0 Å². The van der Waals surface area contributed by atoms with Crippen LogP contribution in [0.5, 0.6) is 5.75 Å². The van der Waals surface area contributed by atoms with Gasteiger partial charge in [0, 0.05) is 12.6 Å². The molecule has 0 aromatic heterocycles. The van der Waals surface area contributed by atoms with Gasteiger partial charge in [-0.05, 0) is 34.4 Å². The van der Waals surface area contributed by atoms with Gasteiger partial charge in [0.2, 0.25) is 5.91 Å². The SMILES string of the molecule is CC(N)CNC(=O)Cc1cc(C(C)(C)C)c(O)c(C(C)(C)C)c1. The minimum absolute atomic E-state index is 0.0484. The average Bonchev–Trinajstić information content (AvgIpc) is 2.35. The maximum absolute atomic E-state index is 12.1. The van der Waals surface area contributed by atoms with Crippen molar-refractivity contribution in [3.63, 3.8) is 0 Å². The van der Waals surface area contributed by atoms with Crippen LogP contribution >= 0.6 is 0 Å². The van der Waals surface area contributed by atoms with Crippen molar-refractivity contribution in [1.29, 1.82) is 0 Å². The minimum atomic E-state index is -0.192. The maximum Gasteiger partial charge on any atom is 0.224 e. The molecule has 1 rings (SSSR count). The van der Waals surface area contributed by atoms with Crippen LogP contribution in [0.3, 0.4) is 0 Å². The monoisotopic (exact) mass is 320 g/mol. The van der Waals surface area contributed by atoms with Gasteiger partial charge >= 0.3 is 0 Å². The minimum Gasteiger partial charge on any atom is -0.507 e. The molecule has 4 N–H and O–H groups in total. The predicted molar refractivity (Wildman–Crippen MR) is 95.9 cm³/mol. The van der Waals surface area contributed by atoms with Crippen LogP contribution in [0.25, 0.3) is 0 Å². The molecule has 1 aromatic rings. The van der Waals surface area contributed by atoms with E-state index in [1.807, 2.05) is 19.1 Å². The number of hydrogen-bond donors (Lipinski definition) is 3. The second-order valence-corrected chi connectivity index (χ2v) is 8.50. The van der Waals surface area contributed by atoms with Crippen LogP contribution in [-0.4, -0.2) is 23.6 Å². The predicted octanol–water partition coefficient (Wildman–Crippen LogP) is 2.99. The molecule has 130 valence electrons. The molecule has 0 aliphatic carbocycles. The van der Waals surface area contributed by atoms with Crippen molar-refractivity contribution in [3.05, 3.63) is 28.8 Å². The van der Waals surface area contributed by atoms with E-state index < -0.39 is 0 Å². The number of carbonyl (C=O) groups is 1. The summed E-state index contributed by atoms with van der Waals surface area (Å²) in [5.74, 6) is 0.289. The Kier molecular flexibility index (Phi) is 5.86. The highest BCUT2D eigenvalue weighted by Gasteiger charge is 2.26. The maximum atomic E-state index is 12.1. The normalized spacial score (nSPS) is 13.7. The van der Waals surface area contributed by atoms with Crippen molar-refractivity contribution in [2.75, 3.05) is 6.54 Å². The second kappa shape index (κ2) is 6.91. The van der Waals surface area contributed by atoms with E-state index in [-0.39, 0.29) is 22.8 Å². The van der Waals surface area contributed by atoms with Crippen LogP contribution in [0.4, 0.5) is 0 Å². The summed E-state index contributed by atoms with van der Waals surface area (Å²) < 4.78 is 0. The summed E-state index contributed by atoms with van der Waals surface area (Å²) in [6.45, 7) is 14.7. The molecule has 1 atom stereocenters. The summed E-state index contributed by atoms with van der Waals surface area (Å²) >= 11 is 0. The number of aromatic hydroxyl groups is 1. The van der Waals surface area contributed by atoms with E-state index in [1.54, 1.807) is 0 Å². The topological polar surface area (TPSA) is 75.3 Å². The Hall–Kier alpha value is -1.55. The van der Waals surface area contributed by atoms with Gasteiger partial charge < -0.3 is 16.2 Å². The van der Waals surface area contributed by atoms with Crippen molar-refractivity contribution in [1.82, 2.24) is 5.32 Å². The quantitative estimate of drug-likeness (QED) is 0.798. The van der Waals surface area contributed by atoms with Gasteiger partial charge in [-0.25, -0.2) is 0 Å². The largest absolute Gasteiger partial charge is 0.507 e. The molecule has 0 saturated carbocycles. The zero-order valence-corrected chi connectivity index (χ0v) is 15.6. The lowest BCUT2D eigenvalue weighted by Crippen LogP contribution is -2.36. The highest BCUT2D eigenvalue weighted by molar-refractivity contribution is 5.79.